The quantitative estimate of drug-likeness (QED) is 0.230. The van der Waals surface area contributed by atoms with E-state index in [0.717, 1.165) is 12.1 Å². The number of Topliss-reactive ketones (excluding diaryl/α,β-unsaturated/α-hetero) is 2. The Morgan fingerprint density at radius 2 is 1.50 bits per heavy atom. The number of carbonyl (C=O) groups is 2. The Hall–Kier alpha value is -4.72. The minimum Gasteiger partial charge on any atom is -0.504 e. The van der Waals surface area contributed by atoms with Crippen LogP contribution in [-0.4, -0.2) is 21.8 Å². The molecule has 34 heavy (non-hydrogen) atoms. The lowest BCUT2D eigenvalue weighted by Crippen LogP contribution is -2.14. The van der Waals surface area contributed by atoms with E-state index in [0.29, 0.717) is 5.58 Å². The van der Waals surface area contributed by atoms with Crippen LogP contribution in [0.5, 0.6) is 11.5 Å². The first-order valence-electron chi connectivity index (χ1n) is 10.2. The Kier molecular flexibility index (Phi) is 4.61. The van der Waals surface area contributed by atoms with Crippen LogP contribution in [-0.2, 0) is 0 Å². The van der Waals surface area contributed by atoms with Crippen molar-refractivity contribution in [2.75, 3.05) is 0 Å². The molecular weight excluding hydrogens is 440 g/mol. The number of rotatable bonds is 3. The van der Waals surface area contributed by atoms with Gasteiger partial charge in [-0.1, -0.05) is 12.1 Å². The minimum atomic E-state index is -0.617. The fourth-order valence-electron chi connectivity index (χ4n) is 4.16. The van der Waals surface area contributed by atoms with Crippen molar-refractivity contribution in [1.29, 1.82) is 0 Å². The predicted octanol–water partition coefficient (Wildman–Crippen LogP) is 4.54. The van der Waals surface area contributed by atoms with E-state index in [9.17, 15) is 29.4 Å². The topological polar surface area (TPSA) is 135 Å². The molecule has 0 saturated heterocycles. The zero-order valence-corrected chi connectivity index (χ0v) is 18.0. The van der Waals surface area contributed by atoms with E-state index in [2.05, 4.69) is 0 Å². The Morgan fingerprint density at radius 1 is 0.794 bits per heavy atom. The average Bonchev–Trinajstić information content (AvgIpc) is 2.80. The molecule has 2 heterocycles. The smallest absolute Gasteiger partial charge is 0.200 e. The van der Waals surface area contributed by atoms with E-state index in [4.69, 9.17) is 8.83 Å². The van der Waals surface area contributed by atoms with Gasteiger partial charge >= 0.3 is 0 Å². The first kappa shape index (κ1) is 21.1. The van der Waals surface area contributed by atoms with Gasteiger partial charge in [0.25, 0.3) is 0 Å². The van der Waals surface area contributed by atoms with Crippen molar-refractivity contribution in [3.63, 3.8) is 0 Å². The number of para-hydroxylation sites is 1. The maximum atomic E-state index is 13.3. The fourth-order valence-corrected chi connectivity index (χ4v) is 4.16. The van der Waals surface area contributed by atoms with Gasteiger partial charge in [0.05, 0.1) is 27.3 Å². The highest BCUT2D eigenvalue weighted by Crippen LogP contribution is 2.36. The number of hydrogen-bond donors (Lipinski definition) is 2. The monoisotopic (exact) mass is 456 g/mol. The number of benzene rings is 3. The number of phenols is 2. The maximum Gasteiger partial charge on any atom is 0.200 e. The molecule has 5 aromatic rings. The van der Waals surface area contributed by atoms with Crippen LogP contribution in [0.2, 0.25) is 0 Å². The van der Waals surface area contributed by atoms with E-state index < -0.39 is 33.9 Å². The van der Waals surface area contributed by atoms with Gasteiger partial charge < -0.3 is 19.0 Å². The normalized spacial score (nSPS) is 11.4. The minimum absolute atomic E-state index is 0.00231. The molecule has 0 spiro atoms. The summed E-state index contributed by atoms with van der Waals surface area (Å²) in [4.78, 5) is 52.1. The maximum absolute atomic E-state index is 13.3. The van der Waals surface area contributed by atoms with Gasteiger partial charge in [-0.05, 0) is 38.1 Å². The average molecular weight is 456 g/mol. The number of hydrogen-bond acceptors (Lipinski definition) is 8. The molecule has 0 aliphatic rings. The molecule has 2 aromatic heterocycles. The second-order valence-electron chi connectivity index (χ2n) is 7.91. The zero-order valence-electron chi connectivity index (χ0n) is 18.0. The second kappa shape index (κ2) is 7.41. The van der Waals surface area contributed by atoms with E-state index >= 15 is 0 Å². The summed E-state index contributed by atoms with van der Waals surface area (Å²) in [6, 6.07) is 9.91. The van der Waals surface area contributed by atoms with Crippen molar-refractivity contribution < 1.29 is 28.6 Å². The molecule has 0 radical (unpaired) electrons. The molecule has 5 rings (SSSR count). The molecule has 3 aromatic carbocycles. The van der Waals surface area contributed by atoms with Gasteiger partial charge in [-0.25, -0.2) is 0 Å². The zero-order chi connectivity index (χ0) is 24.3. The van der Waals surface area contributed by atoms with Gasteiger partial charge in [-0.3, -0.25) is 19.2 Å². The van der Waals surface area contributed by atoms with Gasteiger partial charge in [0.15, 0.2) is 23.1 Å². The van der Waals surface area contributed by atoms with Gasteiger partial charge in [0.2, 0.25) is 10.9 Å². The van der Waals surface area contributed by atoms with Gasteiger partial charge in [0, 0.05) is 17.2 Å². The Labute approximate surface area is 190 Å². The molecule has 0 amide bonds. The summed E-state index contributed by atoms with van der Waals surface area (Å²) in [5.74, 6) is -2.08. The molecule has 0 unspecified atom stereocenters. The molecule has 0 atom stereocenters. The van der Waals surface area contributed by atoms with Gasteiger partial charge in [-0.2, -0.15) is 0 Å². The molecule has 0 saturated carbocycles. The van der Waals surface area contributed by atoms with Crippen LogP contribution in [0.15, 0.2) is 67.2 Å². The standard InChI is InChI=1S/C26H16O8/c1-11(27)14-7-16-25(32)15-8-18(29)19(30)9-21(15)34-26(16)22(12(2)28)23(14)17-10-33-20-6-4-3-5-13(20)24(17)31/h3-10,29-30H,1-2H3. The SMILES string of the molecule is CC(=O)c1cc2c(=O)c3cc(O)c(O)cc3oc2c(C(C)=O)c1-c1coc2ccccc2c1=O. The van der Waals surface area contributed by atoms with Crippen LogP contribution in [0, 0.1) is 0 Å². The summed E-state index contributed by atoms with van der Waals surface area (Å²) in [5.41, 5.74) is -1.19. The van der Waals surface area contributed by atoms with E-state index in [1.807, 2.05) is 0 Å². The van der Waals surface area contributed by atoms with E-state index in [1.165, 1.54) is 26.2 Å². The first-order valence-corrected chi connectivity index (χ1v) is 10.2. The highest BCUT2D eigenvalue weighted by molar-refractivity contribution is 6.17. The molecule has 0 fully saturated rings. The van der Waals surface area contributed by atoms with Gasteiger partial charge in [-0.15, -0.1) is 0 Å². The lowest BCUT2D eigenvalue weighted by atomic mass is 9.88. The lowest BCUT2D eigenvalue weighted by molar-refractivity contribution is 0.101. The number of ketones is 2. The van der Waals surface area contributed by atoms with Crippen LogP contribution in [0.25, 0.3) is 44.0 Å². The van der Waals surface area contributed by atoms with Crippen LogP contribution in [0.3, 0.4) is 0 Å². The molecule has 0 aliphatic carbocycles. The van der Waals surface area contributed by atoms with Gasteiger partial charge in [0.1, 0.15) is 23.0 Å². The van der Waals surface area contributed by atoms with E-state index in [1.54, 1.807) is 24.3 Å². The van der Waals surface area contributed by atoms with Crippen molar-refractivity contribution in [2.45, 2.75) is 13.8 Å². The first-order chi connectivity index (χ1) is 16.2. The van der Waals surface area contributed by atoms with Crippen LogP contribution in [0.4, 0.5) is 0 Å². The van der Waals surface area contributed by atoms with E-state index in [-0.39, 0.29) is 49.6 Å². The Bertz CT molecular complexity index is 1820. The Balaban J connectivity index is 2.03. The molecule has 8 nitrogen and oxygen atoms in total. The largest absolute Gasteiger partial charge is 0.504 e. The van der Waals surface area contributed by atoms with Crippen molar-refractivity contribution in [1.82, 2.24) is 0 Å². The molecule has 8 heteroatoms. The van der Waals surface area contributed by atoms with Crippen LogP contribution >= 0.6 is 0 Å². The lowest BCUT2D eigenvalue weighted by Gasteiger charge is -2.15. The number of carbonyl (C=O) groups excluding carboxylic acids is 2. The molecule has 0 aliphatic heterocycles. The molecule has 168 valence electrons. The van der Waals surface area contributed by atoms with Crippen molar-refractivity contribution in [2.24, 2.45) is 0 Å². The summed E-state index contributed by atoms with van der Waals surface area (Å²) >= 11 is 0. The van der Waals surface area contributed by atoms with Crippen molar-refractivity contribution >= 4 is 44.5 Å². The summed E-state index contributed by atoms with van der Waals surface area (Å²) in [5, 5.41) is 19.8. The molecule has 2 N–H and O–H groups in total. The third kappa shape index (κ3) is 3.00. The molecular formula is C26H16O8. The summed E-state index contributed by atoms with van der Waals surface area (Å²) in [6.07, 6.45) is 1.17. The van der Waals surface area contributed by atoms with Crippen LogP contribution in [0.1, 0.15) is 34.6 Å². The fraction of sp³-hybridized carbons (Fsp3) is 0.0769. The summed E-state index contributed by atoms with van der Waals surface area (Å²) in [6.45, 7) is 2.48. The van der Waals surface area contributed by atoms with Crippen LogP contribution < -0.4 is 10.9 Å². The third-order valence-corrected chi connectivity index (χ3v) is 5.74. The summed E-state index contributed by atoms with van der Waals surface area (Å²) in [7, 11) is 0. The molecule has 0 bridgehead atoms. The third-order valence-electron chi connectivity index (χ3n) is 5.74. The number of fused-ring (bicyclic) bond motifs is 3. The second-order valence-corrected chi connectivity index (χ2v) is 7.91. The number of aromatic hydroxyl groups is 2. The number of phenolic OH excluding ortho intramolecular Hbond substituents is 2. The van der Waals surface area contributed by atoms with Crippen molar-refractivity contribution in [3.05, 3.63) is 80.3 Å². The highest BCUT2D eigenvalue weighted by Gasteiger charge is 2.27. The Morgan fingerprint density at radius 3 is 2.21 bits per heavy atom. The highest BCUT2D eigenvalue weighted by atomic mass is 16.3. The summed E-state index contributed by atoms with van der Waals surface area (Å²) < 4.78 is 11.5. The predicted molar refractivity (Wildman–Crippen MR) is 125 cm³/mol. The van der Waals surface area contributed by atoms with Crippen molar-refractivity contribution in [3.8, 4) is 22.6 Å².